The number of rotatable bonds is 1. The van der Waals surface area contributed by atoms with E-state index in [1.165, 1.54) is 29.2 Å². The van der Waals surface area contributed by atoms with E-state index in [1.54, 1.807) is 38.1 Å². The molecule has 0 unspecified atom stereocenters. The lowest BCUT2D eigenvalue weighted by molar-refractivity contribution is -0.135. The fourth-order valence-corrected chi connectivity index (χ4v) is 6.49. The van der Waals surface area contributed by atoms with Gasteiger partial charge >= 0.3 is 0 Å². The van der Waals surface area contributed by atoms with Crippen LogP contribution in [0.15, 0.2) is 60.7 Å². The summed E-state index contributed by atoms with van der Waals surface area (Å²) in [6.07, 6.45) is 1.06. The second-order valence-corrected chi connectivity index (χ2v) is 16.6. The van der Waals surface area contributed by atoms with E-state index in [0.29, 0.717) is 24.2 Å². The number of benzene rings is 3. The van der Waals surface area contributed by atoms with Gasteiger partial charge < -0.3 is 30.5 Å². The molecule has 1 atom stereocenters. The summed E-state index contributed by atoms with van der Waals surface area (Å²) in [6.45, 7) is 11.6. The first-order valence-electron chi connectivity index (χ1n) is 18.3. The molecule has 4 heterocycles. The van der Waals surface area contributed by atoms with Crippen LogP contribution in [0.1, 0.15) is 92.6 Å². The van der Waals surface area contributed by atoms with Crippen molar-refractivity contribution in [3.63, 3.8) is 0 Å². The maximum Gasteiger partial charge on any atom is 0.255 e. The molecule has 13 heteroatoms. The summed E-state index contributed by atoms with van der Waals surface area (Å²) in [6, 6.07) is 14.7. The number of anilines is 1. The van der Waals surface area contributed by atoms with E-state index in [1.807, 2.05) is 46.8 Å². The van der Waals surface area contributed by atoms with Crippen molar-refractivity contribution in [3.8, 4) is 5.75 Å². The molecule has 6 bridgehead atoms. The first kappa shape index (κ1) is 42.4. The molecule has 3 aromatic carbocycles. The van der Waals surface area contributed by atoms with Gasteiger partial charge in [0.15, 0.2) is 0 Å². The first-order valence-corrected chi connectivity index (χ1v) is 18.3. The maximum atomic E-state index is 15.1. The zero-order valence-electron chi connectivity index (χ0n) is 33.0. The highest BCUT2D eigenvalue weighted by molar-refractivity contribution is 6.03. The van der Waals surface area contributed by atoms with E-state index in [-0.39, 0.29) is 67.6 Å². The van der Waals surface area contributed by atoms with Crippen molar-refractivity contribution in [2.45, 2.75) is 79.3 Å². The highest BCUT2D eigenvalue weighted by Crippen LogP contribution is 2.30. The van der Waals surface area contributed by atoms with Gasteiger partial charge in [0, 0.05) is 51.8 Å². The van der Waals surface area contributed by atoms with Gasteiger partial charge in [0.1, 0.15) is 29.5 Å². The van der Waals surface area contributed by atoms with E-state index in [4.69, 9.17) is 4.74 Å². The minimum atomic E-state index is -1.46. The third kappa shape index (κ3) is 12.1. The molecule has 0 radical (unpaired) electrons. The third-order valence-corrected chi connectivity index (χ3v) is 9.44. The number of amides is 5. The highest BCUT2D eigenvalue weighted by atomic mass is 19.1. The molecule has 0 fully saturated rings. The average molecular weight is 762 g/mol. The summed E-state index contributed by atoms with van der Waals surface area (Å²) < 4.78 is 35.8. The average Bonchev–Trinajstić information content (AvgIpc) is 3.08. The van der Waals surface area contributed by atoms with Crippen LogP contribution in [-0.2, 0) is 27.3 Å². The lowest BCUT2D eigenvalue weighted by atomic mass is 9.80. The van der Waals surface area contributed by atoms with Gasteiger partial charge in [-0.2, -0.15) is 0 Å². The number of ether oxygens (including phenoxy) is 1. The van der Waals surface area contributed by atoms with Gasteiger partial charge in [0.25, 0.3) is 11.8 Å². The van der Waals surface area contributed by atoms with Crippen LogP contribution < -0.4 is 20.7 Å². The molecule has 0 aromatic heterocycles. The van der Waals surface area contributed by atoms with E-state index >= 15 is 8.78 Å². The molecule has 296 valence electrons. The molecule has 5 amide bonds. The zero-order chi connectivity index (χ0) is 40.7. The Labute approximate surface area is 322 Å². The van der Waals surface area contributed by atoms with Crippen LogP contribution in [0.3, 0.4) is 0 Å². The predicted molar refractivity (Wildman–Crippen MR) is 206 cm³/mol. The molecule has 0 saturated heterocycles. The Balaban J connectivity index is 1.61. The van der Waals surface area contributed by atoms with Crippen molar-refractivity contribution < 1.29 is 37.5 Å². The van der Waals surface area contributed by atoms with Gasteiger partial charge in [-0.05, 0) is 78.1 Å². The van der Waals surface area contributed by atoms with Gasteiger partial charge in [0.05, 0.1) is 17.7 Å². The Morgan fingerprint density at radius 2 is 1.36 bits per heavy atom. The molecule has 4 aliphatic rings. The minimum Gasteiger partial charge on any atom is -0.492 e. The summed E-state index contributed by atoms with van der Waals surface area (Å²) in [5.74, 6) is -3.83. The molecule has 0 saturated carbocycles. The Kier molecular flexibility index (Phi) is 13.4. The predicted octanol–water partition coefficient (Wildman–Crippen LogP) is 6.12. The number of halogens is 2. The molecule has 7 rings (SSSR count). The van der Waals surface area contributed by atoms with E-state index in [0.717, 1.165) is 17.7 Å². The fraction of sp³-hybridized carbons (Fsp3) is 0.452. The molecule has 0 spiro atoms. The molecular weight excluding hydrogens is 708 g/mol. The van der Waals surface area contributed by atoms with Gasteiger partial charge in [-0.25, -0.2) is 8.78 Å². The molecule has 4 aliphatic heterocycles. The molecule has 3 aromatic rings. The summed E-state index contributed by atoms with van der Waals surface area (Å²) >= 11 is 0. The van der Waals surface area contributed by atoms with E-state index in [2.05, 4.69) is 16.0 Å². The number of hydrogen-bond acceptors (Lipinski definition) is 6. The Morgan fingerprint density at radius 3 is 1.98 bits per heavy atom. The van der Waals surface area contributed by atoms with E-state index < -0.39 is 45.7 Å². The normalized spacial score (nSPS) is 19.9. The van der Waals surface area contributed by atoms with Crippen molar-refractivity contribution in [1.29, 1.82) is 0 Å². The summed E-state index contributed by atoms with van der Waals surface area (Å²) in [4.78, 5) is 69.7. The van der Waals surface area contributed by atoms with Crippen molar-refractivity contribution in [3.05, 3.63) is 94.6 Å². The summed E-state index contributed by atoms with van der Waals surface area (Å²) in [5, 5.41) is 8.24. The van der Waals surface area contributed by atoms with Crippen LogP contribution in [0.25, 0.3) is 0 Å². The quantitative estimate of drug-likeness (QED) is 0.274. The summed E-state index contributed by atoms with van der Waals surface area (Å²) in [7, 11) is 3.35. The third-order valence-electron chi connectivity index (χ3n) is 9.44. The lowest BCUT2D eigenvalue weighted by Crippen LogP contribution is -2.56. The second-order valence-electron chi connectivity index (χ2n) is 16.6. The van der Waals surface area contributed by atoms with Gasteiger partial charge in [0.2, 0.25) is 17.7 Å². The highest BCUT2D eigenvalue weighted by Gasteiger charge is 2.39. The number of likely N-dealkylation sites (N-methyl/N-ethyl adjacent to an activating group) is 2. The molecule has 55 heavy (non-hydrogen) atoms. The second kappa shape index (κ2) is 17.4. The van der Waals surface area contributed by atoms with E-state index in [9.17, 15) is 24.0 Å². The maximum absolute atomic E-state index is 15.1. The topological polar surface area (TPSA) is 137 Å². The largest absolute Gasteiger partial charge is 0.492 e. The molecule has 0 aliphatic carbocycles. The standard InChI is InChI=1S/C42H53F2N5O6/c1-40(2,3)26-42(6)39(54)46-29-12-9-27(10-13-29)17-18-48(7)35(50)23-41(4,5)24-36(51)49(8)19-20-55-30-14-15-31(34(44)22-30)37(52)45-25-28-11-16-33(43)32(21-28)38(53)47-42/h9-16,21-22H,17-20,23-26H2,1-8H3,(H,45,52)(H,46,54)(H,47,53)/t42-/m1/s1. The van der Waals surface area contributed by atoms with Crippen molar-refractivity contribution in [1.82, 2.24) is 20.4 Å². The number of nitrogens with zero attached hydrogens (tertiary/aromatic N) is 2. The van der Waals surface area contributed by atoms with Crippen molar-refractivity contribution >= 4 is 35.2 Å². The SMILES string of the molecule is CN1CCOc2ccc(c(F)c2)C(=O)NCc2ccc(F)c(c2)C(=O)N[C@](C)(CC(C)(C)C)C(=O)Nc2ccc(cc2)CCN(C)C(=O)CC(C)(C)CC1=O. The Hall–Kier alpha value is -5.33. The van der Waals surface area contributed by atoms with Crippen LogP contribution >= 0.6 is 0 Å². The van der Waals surface area contributed by atoms with Crippen molar-refractivity contribution in [2.75, 3.05) is 39.1 Å². The van der Waals surface area contributed by atoms with Gasteiger partial charge in [-0.3, -0.25) is 24.0 Å². The molecular formula is C42H53F2N5O6. The van der Waals surface area contributed by atoms with Crippen LogP contribution in [0.2, 0.25) is 0 Å². The van der Waals surface area contributed by atoms with Crippen molar-refractivity contribution in [2.24, 2.45) is 10.8 Å². The first-order chi connectivity index (χ1) is 25.6. The minimum absolute atomic E-state index is 0.0658. The fourth-order valence-electron chi connectivity index (χ4n) is 6.49. The molecule has 11 nitrogen and oxygen atoms in total. The Morgan fingerprint density at radius 1 is 0.745 bits per heavy atom. The van der Waals surface area contributed by atoms with Gasteiger partial charge in [-0.1, -0.05) is 52.8 Å². The van der Waals surface area contributed by atoms with Crippen LogP contribution in [0, 0.1) is 22.5 Å². The van der Waals surface area contributed by atoms with Crippen LogP contribution in [0.4, 0.5) is 14.5 Å². The number of hydrogen-bond donors (Lipinski definition) is 3. The number of nitrogens with one attached hydrogen (secondary N) is 3. The lowest BCUT2D eigenvalue weighted by Gasteiger charge is -2.35. The summed E-state index contributed by atoms with van der Waals surface area (Å²) in [5.41, 5.74) is -1.29. The van der Waals surface area contributed by atoms with Crippen LogP contribution in [0.5, 0.6) is 5.75 Å². The smallest absolute Gasteiger partial charge is 0.255 e. The number of carbonyl (C=O) groups excluding carboxylic acids is 5. The molecule has 3 N–H and O–H groups in total. The monoisotopic (exact) mass is 761 g/mol. The van der Waals surface area contributed by atoms with Crippen LogP contribution in [-0.4, -0.2) is 78.7 Å². The zero-order valence-corrected chi connectivity index (χ0v) is 33.0. The van der Waals surface area contributed by atoms with Gasteiger partial charge in [-0.15, -0.1) is 0 Å². The number of carbonyl (C=O) groups is 5. The Bertz CT molecular complexity index is 1910.